The molecule has 0 fully saturated rings. The van der Waals surface area contributed by atoms with Crippen molar-refractivity contribution in [1.29, 1.82) is 0 Å². The van der Waals surface area contributed by atoms with Gasteiger partial charge in [0, 0.05) is 0 Å². The van der Waals surface area contributed by atoms with E-state index in [0.29, 0.717) is 6.42 Å². The maximum absolute atomic E-state index is 10.0. The summed E-state index contributed by atoms with van der Waals surface area (Å²) < 4.78 is 0. The van der Waals surface area contributed by atoms with E-state index in [9.17, 15) is 30.6 Å². The molecule has 6 heteroatoms. The molecule has 0 radical (unpaired) electrons. The minimum Gasteiger partial charge on any atom is -0.392 e. The van der Waals surface area contributed by atoms with Crippen LogP contribution in [0.5, 0.6) is 0 Å². The van der Waals surface area contributed by atoms with Crippen LogP contribution in [0.15, 0.2) is 23.3 Å². The molecule has 5 atom stereocenters. The van der Waals surface area contributed by atoms with Gasteiger partial charge in [0.05, 0.1) is 12.7 Å². The molecule has 0 spiro atoms. The Bertz CT molecular complexity index is 420. The molecule has 0 unspecified atom stereocenters. The first-order valence-corrected chi connectivity index (χ1v) is 8.86. The van der Waals surface area contributed by atoms with Gasteiger partial charge in [-0.1, -0.05) is 57.6 Å². The van der Waals surface area contributed by atoms with E-state index in [-0.39, 0.29) is 11.1 Å². The lowest BCUT2D eigenvalue weighted by molar-refractivity contribution is -0.0979. The summed E-state index contributed by atoms with van der Waals surface area (Å²) in [5, 5.41) is 58.6. The Morgan fingerprint density at radius 3 is 2.12 bits per heavy atom. The lowest BCUT2D eigenvalue weighted by atomic mass is 9.83. The molecule has 0 aromatic carbocycles. The summed E-state index contributed by atoms with van der Waals surface area (Å²) in [6.07, 6.45) is 3.59. The summed E-state index contributed by atoms with van der Waals surface area (Å²) in [4.78, 5) is 0. The lowest BCUT2D eigenvalue weighted by Gasteiger charge is -2.35. The molecular weight excluding hydrogens is 312 g/mol. The number of unbranched alkanes of at least 4 members (excludes halogenated alkanes) is 5. The third-order valence-corrected chi connectivity index (χ3v) is 4.57. The van der Waals surface area contributed by atoms with E-state index in [1.54, 1.807) is 0 Å². The first kappa shape index (κ1) is 21.3. The van der Waals surface area contributed by atoms with Gasteiger partial charge in [-0.05, 0) is 17.6 Å². The lowest BCUT2D eigenvalue weighted by Crippen LogP contribution is -2.51. The molecule has 1 rings (SSSR count). The molecule has 0 amide bonds. The molecule has 0 saturated carbocycles. The van der Waals surface area contributed by atoms with Crippen LogP contribution >= 0.6 is 0 Å². The van der Waals surface area contributed by atoms with Crippen LogP contribution in [-0.2, 0) is 0 Å². The van der Waals surface area contributed by atoms with Crippen molar-refractivity contribution in [3.8, 4) is 0 Å². The van der Waals surface area contributed by atoms with Crippen molar-refractivity contribution in [2.45, 2.75) is 82.4 Å². The van der Waals surface area contributed by atoms with Crippen molar-refractivity contribution in [2.75, 3.05) is 6.61 Å². The molecular formula is C18H32O6. The highest BCUT2D eigenvalue weighted by Crippen LogP contribution is 2.27. The van der Waals surface area contributed by atoms with Gasteiger partial charge in [-0.3, -0.25) is 0 Å². The maximum atomic E-state index is 10.0. The summed E-state index contributed by atoms with van der Waals surface area (Å²) in [7, 11) is 0. The summed E-state index contributed by atoms with van der Waals surface area (Å²) in [5.41, 5.74) is 0.202. The van der Waals surface area contributed by atoms with Crippen LogP contribution < -0.4 is 0 Å². The molecule has 0 aliphatic heterocycles. The average molecular weight is 344 g/mol. The molecule has 6 N–H and O–H groups in total. The molecule has 0 heterocycles. The standard InChI is InChI=1S/C18H32O6/c1-2-3-4-5-6-7-8-12(20)9-10-13-14(11-19)16(22)18(24)17(23)15(13)21/h9-10,12,15-24H,2-8,11H2,1H3/b10-9+/t12-,15+,16+,17-,18-/m0/s1. The van der Waals surface area contributed by atoms with E-state index in [2.05, 4.69) is 6.92 Å². The van der Waals surface area contributed by atoms with Crippen LogP contribution in [0.4, 0.5) is 0 Å². The number of hydrogen-bond donors (Lipinski definition) is 6. The fraction of sp³-hybridized carbons (Fsp3) is 0.778. The molecule has 1 aliphatic rings. The Kier molecular flexibility index (Phi) is 9.73. The van der Waals surface area contributed by atoms with Gasteiger partial charge < -0.3 is 30.6 Å². The highest BCUT2D eigenvalue weighted by Gasteiger charge is 2.40. The van der Waals surface area contributed by atoms with Crippen molar-refractivity contribution in [1.82, 2.24) is 0 Å². The zero-order valence-electron chi connectivity index (χ0n) is 14.4. The van der Waals surface area contributed by atoms with Gasteiger partial charge in [-0.15, -0.1) is 0 Å². The third kappa shape index (κ3) is 5.95. The number of aliphatic hydroxyl groups is 6. The van der Waals surface area contributed by atoms with E-state index in [4.69, 9.17) is 0 Å². The topological polar surface area (TPSA) is 121 Å². The second-order valence-corrected chi connectivity index (χ2v) is 6.49. The molecule has 140 valence electrons. The summed E-state index contributed by atoms with van der Waals surface area (Å²) in [5.74, 6) is 0. The van der Waals surface area contributed by atoms with Crippen LogP contribution in [0.2, 0.25) is 0 Å². The Balaban J connectivity index is 2.58. The van der Waals surface area contributed by atoms with Crippen LogP contribution in [-0.4, -0.2) is 67.8 Å². The summed E-state index contributed by atoms with van der Waals surface area (Å²) in [6, 6.07) is 0. The van der Waals surface area contributed by atoms with Gasteiger partial charge in [0.1, 0.15) is 24.4 Å². The predicted molar refractivity (Wildman–Crippen MR) is 91.3 cm³/mol. The van der Waals surface area contributed by atoms with Crippen molar-refractivity contribution >= 4 is 0 Å². The van der Waals surface area contributed by atoms with Crippen LogP contribution in [0.25, 0.3) is 0 Å². The van der Waals surface area contributed by atoms with Crippen molar-refractivity contribution in [3.63, 3.8) is 0 Å². The quantitative estimate of drug-likeness (QED) is 0.319. The fourth-order valence-corrected chi connectivity index (χ4v) is 2.96. The monoisotopic (exact) mass is 344 g/mol. The SMILES string of the molecule is CCCCCCCC[C@H](O)/C=C/C1=C(CO)[C@@H](O)[C@H](O)[C@@H](O)[C@@H]1O. The summed E-state index contributed by atoms with van der Waals surface area (Å²) in [6.45, 7) is 1.62. The molecule has 1 aliphatic carbocycles. The molecule has 6 nitrogen and oxygen atoms in total. The van der Waals surface area contributed by atoms with Gasteiger partial charge >= 0.3 is 0 Å². The number of rotatable bonds is 10. The van der Waals surface area contributed by atoms with E-state index < -0.39 is 37.1 Å². The first-order valence-electron chi connectivity index (χ1n) is 8.86. The zero-order chi connectivity index (χ0) is 18.1. The highest BCUT2D eigenvalue weighted by molar-refractivity contribution is 5.37. The Labute approximate surface area is 143 Å². The Morgan fingerprint density at radius 2 is 1.50 bits per heavy atom. The van der Waals surface area contributed by atoms with E-state index in [0.717, 1.165) is 19.3 Å². The molecule has 0 aromatic heterocycles. The predicted octanol–water partition coefficient (Wildman–Crippen LogP) is 0.400. The van der Waals surface area contributed by atoms with Crippen LogP contribution in [0.3, 0.4) is 0 Å². The van der Waals surface area contributed by atoms with Crippen LogP contribution in [0.1, 0.15) is 51.9 Å². The van der Waals surface area contributed by atoms with Gasteiger partial charge in [-0.25, -0.2) is 0 Å². The molecule has 24 heavy (non-hydrogen) atoms. The van der Waals surface area contributed by atoms with Gasteiger partial charge in [0.15, 0.2) is 0 Å². The third-order valence-electron chi connectivity index (χ3n) is 4.57. The molecule has 0 aromatic rings. The van der Waals surface area contributed by atoms with Gasteiger partial charge in [0.2, 0.25) is 0 Å². The second kappa shape index (κ2) is 11.0. The first-order chi connectivity index (χ1) is 11.4. The van der Waals surface area contributed by atoms with Gasteiger partial charge in [0.25, 0.3) is 0 Å². The zero-order valence-corrected chi connectivity index (χ0v) is 14.4. The van der Waals surface area contributed by atoms with E-state index in [1.807, 2.05) is 0 Å². The minimum absolute atomic E-state index is 0.0586. The number of hydrogen-bond acceptors (Lipinski definition) is 6. The second-order valence-electron chi connectivity index (χ2n) is 6.49. The van der Waals surface area contributed by atoms with Crippen molar-refractivity contribution in [3.05, 3.63) is 23.3 Å². The largest absolute Gasteiger partial charge is 0.392 e. The fourth-order valence-electron chi connectivity index (χ4n) is 2.96. The summed E-state index contributed by atoms with van der Waals surface area (Å²) >= 11 is 0. The Morgan fingerprint density at radius 1 is 0.917 bits per heavy atom. The minimum atomic E-state index is -1.55. The average Bonchev–Trinajstić information content (AvgIpc) is 2.58. The normalized spacial score (nSPS) is 29.5. The van der Waals surface area contributed by atoms with E-state index in [1.165, 1.54) is 31.4 Å². The maximum Gasteiger partial charge on any atom is 0.113 e. The highest BCUT2D eigenvalue weighted by atomic mass is 16.4. The van der Waals surface area contributed by atoms with E-state index >= 15 is 0 Å². The van der Waals surface area contributed by atoms with Crippen molar-refractivity contribution < 1.29 is 30.6 Å². The molecule has 0 saturated heterocycles. The smallest absolute Gasteiger partial charge is 0.113 e. The van der Waals surface area contributed by atoms with Crippen LogP contribution in [0, 0.1) is 0 Å². The Hall–Kier alpha value is -0.760. The number of aliphatic hydroxyl groups excluding tert-OH is 6. The van der Waals surface area contributed by atoms with Crippen molar-refractivity contribution in [2.24, 2.45) is 0 Å². The molecule has 0 bridgehead atoms. The van der Waals surface area contributed by atoms with Gasteiger partial charge in [-0.2, -0.15) is 0 Å².